The maximum Gasteiger partial charge on any atom is -1.00 e. The van der Waals surface area contributed by atoms with Crippen LogP contribution in [0.2, 0.25) is 4.51 Å². The summed E-state index contributed by atoms with van der Waals surface area (Å²) in [6.07, 6.45) is 0.983. The van der Waals surface area contributed by atoms with Gasteiger partial charge in [-0.15, -0.1) is 0 Å². The van der Waals surface area contributed by atoms with E-state index >= 15 is 0 Å². The van der Waals surface area contributed by atoms with Gasteiger partial charge in [-0.25, -0.2) is 0 Å². The normalized spacial score (nSPS) is 11.7. The number of halogens is 1. The second kappa shape index (κ2) is 6.29. The van der Waals surface area contributed by atoms with Crippen LogP contribution in [0.25, 0.3) is 0 Å². The average Bonchev–Trinajstić information content (AvgIpc) is 1.84. The Morgan fingerprint density at radius 1 is 1.60 bits per heavy atom. The van der Waals surface area contributed by atoms with Crippen molar-refractivity contribution in [1.29, 1.82) is 0 Å². The molecule has 0 aromatic rings. The fourth-order valence-corrected chi connectivity index (χ4v) is 1.31. The van der Waals surface area contributed by atoms with E-state index in [0.29, 0.717) is 4.51 Å². The van der Waals surface area contributed by atoms with Gasteiger partial charge in [-0.1, -0.05) is 0 Å². The summed E-state index contributed by atoms with van der Waals surface area (Å²) >= 11 is 1.08. The minimum atomic E-state index is 0. The van der Waals surface area contributed by atoms with Crippen molar-refractivity contribution >= 4 is 5.91 Å². The summed E-state index contributed by atoms with van der Waals surface area (Å²) in [7, 11) is 3.61. The fourth-order valence-electron chi connectivity index (χ4n) is 0.540. The number of carbonyl (C=O) groups is 1. The number of rotatable bonds is 2. The quantitative estimate of drug-likeness (QED) is 0.517. The first kappa shape index (κ1) is 13.2. The SMILES string of the molecule is CC[CH]([Zn+])C(=O)N(C)C.[Br-]. The molecule has 0 N–H and O–H groups in total. The molecule has 0 bridgehead atoms. The van der Waals surface area contributed by atoms with Crippen molar-refractivity contribution in [3.63, 3.8) is 0 Å². The molecule has 0 aliphatic rings. The molecule has 0 saturated carbocycles. The number of nitrogens with zero attached hydrogens (tertiary/aromatic N) is 1. The third kappa shape index (κ3) is 4.40. The van der Waals surface area contributed by atoms with E-state index in [4.69, 9.17) is 0 Å². The van der Waals surface area contributed by atoms with Crippen molar-refractivity contribution in [3.8, 4) is 0 Å². The molecule has 0 fully saturated rings. The van der Waals surface area contributed by atoms with E-state index < -0.39 is 0 Å². The molecule has 0 aliphatic carbocycles. The van der Waals surface area contributed by atoms with E-state index in [1.165, 1.54) is 0 Å². The molecular weight excluding hydrogens is 247 g/mol. The number of amides is 1. The molecule has 56 valence electrons. The Kier molecular flexibility index (Phi) is 8.30. The van der Waals surface area contributed by atoms with E-state index in [9.17, 15) is 4.79 Å². The van der Waals surface area contributed by atoms with Crippen LogP contribution in [0.4, 0.5) is 0 Å². The maximum atomic E-state index is 11.0. The molecule has 0 radical (unpaired) electrons. The van der Waals surface area contributed by atoms with Gasteiger partial charge in [0, 0.05) is 0 Å². The molecule has 10 heavy (non-hydrogen) atoms. The molecule has 0 spiro atoms. The summed E-state index contributed by atoms with van der Waals surface area (Å²) in [5, 5.41) is 0. The monoisotopic (exact) mass is 257 g/mol. The van der Waals surface area contributed by atoms with Gasteiger partial charge in [0.25, 0.3) is 0 Å². The molecule has 0 heterocycles. The van der Waals surface area contributed by atoms with Crippen LogP contribution in [0.1, 0.15) is 13.3 Å². The summed E-state index contributed by atoms with van der Waals surface area (Å²) < 4.78 is 0.306. The molecule has 1 atom stereocenters. The number of hydrogen-bond acceptors (Lipinski definition) is 1. The van der Waals surface area contributed by atoms with Crippen LogP contribution in [0.5, 0.6) is 0 Å². The Morgan fingerprint density at radius 2 is 2.00 bits per heavy atom. The summed E-state index contributed by atoms with van der Waals surface area (Å²) in [6, 6.07) is 0. The van der Waals surface area contributed by atoms with Crippen LogP contribution in [0, 0.1) is 0 Å². The third-order valence-corrected chi connectivity index (χ3v) is 3.23. The van der Waals surface area contributed by atoms with E-state index in [1.54, 1.807) is 19.0 Å². The van der Waals surface area contributed by atoms with Crippen LogP contribution in [0.3, 0.4) is 0 Å². The Bertz CT molecular complexity index is 108. The van der Waals surface area contributed by atoms with Crippen molar-refractivity contribution in [2.45, 2.75) is 17.9 Å². The van der Waals surface area contributed by atoms with E-state index in [2.05, 4.69) is 6.92 Å². The van der Waals surface area contributed by atoms with E-state index in [-0.39, 0.29) is 22.9 Å². The van der Waals surface area contributed by atoms with Crippen molar-refractivity contribution in [1.82, 2.24) is 4.90 Å². The number of hydrogen-bond donors (Lipinski definition) is 0. The van der Waals surface area contributed by atoms with Gasteiger partial charge in [0.1, 0.15) is 0 Å². The van der Waals surface area contributed by atoms with Gasteiger partial charge < -0.3 is 17.0 Å². The molecule has 0 aromatic carbocycles. The first-order valence-electron chi connectivity index (χ1n) is 3.13. The smallest absolute Gasteiger partial charge is 1.00 e. The first-order chi connectivity index (χ1) is 4.09. The second-order valence-electron chi connectivity index (χ2n) is 2.34. The Labute approximate surface area is 82.8 Å². The minimum absolute atomic E-state index is 0. The van der Waals surface area contributed by atoms with Gasteiger partial charge in [0.15, 0.2) is 0 Å². The van der Waals surface area contributed by atoms with Gasteiger partial charge in [0.2, 0.25) is 0 Å². The van der Waals surface area contributed by atoms with Crippen molar-refractivity contribution in [2.75, 3.05) is 14.1 Å². The molecule has 1 unspecified atom stereocenters. The molecule has 1 amide bonds. The van der Waals surface area contributed by atoms with Gasteiger partial charge in [-0.2, -0.15) is 0 Å². The van der Waals surface area contributed by atoms with Crippen molar-refractivity contribution in [2.24, 2.45) is 0 Å². The summed E-state index contributed by atoms with van der Waals surface area (Å²) in [5.41, 5.74) is 0. The van der Waals surface area contributed by atoms with Crippen LogP contribution >= 0.6 is 0 Å². The van der Waals surface area contributed by atoms with Gasteiger partial charge in [0.05, 0.1) is 0 Å². The molecule has 2 nitrogen and oxygen atoms in total. The molecular formula is C6H12BrNOZn. The minimum Gasteiger partial charge on any atom is -1.00 e. The molecule has 4 heteroatoms. The van der Waals surface area contributed by atoms with Gasteiger partial charge >= 0.3 is 65.9 Å². The molecule has 0 aliphatic heterocycles. The maximum absolute atomic E-state index is 11.0. The predicted octanol–water partition coefficient (Wildman–Crippen LogP) is -2.18. The Hall–Kier alpha value is 0.573. The topological polar surface area (TPSA) is 20.3 Å². The van der Waals surface area contributed by atoms with E-state index in [0.717, 1.165) is 24.7 Å². The van der Waals surface area contributed by atoms with Gasteiger partial charge in [-0.3, -0.25) is 0 Å². The fraction of sp³-hybridized carbons (Fsp3) is 0.833. The zero-order valence-corrected chi connectivity index (χ0v) is 11.3. The van der Waals surface area contributed by atoms with Crippen molar-refractivity contribution < 1.29 is 40.1 Å². The Balaban J connectivity index is 0. The largest absolute Gasteiger partial charge is 1.00 e. The third-order valence-electron chi connectivity index (χ3n) is 1.28. The summed E-state index contributed by atoms with van der Waals surface area (Å²) in [6.45, 7) is 2.05. The van der Waals surface area contributed by atoms with Crippen LogP contribution in [0.15, 0.2) is 0 Å². The Morgan fingerprint density at radius 3 is 2.10 bits per heavy atom. The molecule has 0 aromatic heterocycles. The first-order valence-corrected chi connectivity index (χ1v) is 4.85. The predicted molar refractivity (Wildman–Crippen MR) is 32.7 cm³/mol. The van der Waals surface area contributed by atoms with Crippen LogP contribution in [-0.4, -0.2) is 24.9 Å². The summed E-state index contributed by atoms with van der Waals surface area (Å²) in [5.74, 6) is 0.275. The van der Waals surface area contributed by atoms with Crippen LogP contribution < -0.4 is 17.0 Å². The average molecular weight is 259 g/mol. The van der Waals surface area contributed by atoms with Crippen molar-refractivity contribution in [3.05, 3.63) is 0 Å². The standard InChI is InChI=1S/C6H12NO.BrH.Zn/c1-4-5-6(8)7(2)3;;/h5H,4H2,1-3H3;1H;/q;;+1/p-1. The summed E-state index contributed by atoms with van der Waals surface area (Å²) in [4.78, 5) is 12.7. The zero-order chi connectivity index (χ0) is 7.44. The van der Waals surface area contributed by atoms with Gasteiger partial charge in [-0.05, 0) is 0 Å². The number of carbonyl (C=O) groups excluding carboxylic acids is 1. The second-order valence-corrected chi connectivity index (χ2v) is 4.41. The van der Waals surface area contributed by atoms with E-state index in [1.807, 2.05) is 0 Å². The molecule has 0 saturated heterocycles. The van der Waals surface area contributed by atoms with Crippen LogP contribution in [-0.2, 0) is 23.1 Å². The molecule has 0 rings (SSSR count). The zero-order valence-electron chi connectivity index (χ0n) is 6.72.